The van der Waals surface area contributed by atoms with Crippen molar-refractivity contribution in [2.24, 2.45) is 5.73 Å². The van der Waals surface area contributed by atoms with Gasteiger partial charge in [-0.05, 0) is 6.92 Å². The molecule has 1 heterocycles. The van der Waals surface area contributed by atoms with Crippen LogP contribution in [-0.4, -0.2) is 36.1 Å². The van der Waals surface area contributed by atoms with Gasteiger partial charge >= 0.3 is 0 Å². The Morgan fingerprint density at radius 2 is 2.38 bits per heavy atom. The van der Waals surface area contributed by atoms with E-state index in [4.69, 9.17) is 5.73 Å². The van der Waals surface area contributed by atoms with E-state index >= 15 is 0 Å². The number of aromatic nitrogens is 2. The summed E-state index contributed by atoms with van der Waals surface area (Å²) in [4.78, 5) is 10.3. The van der Waals surface area contributed by atoms with Crippen molar-refractivity contribution in [3.63, 3.8) is 0 Å². The van der Waals surface area contributed by atoms with Crippen LogP contribution in [0.4, 0.5) is 11.6 Å². The second-order valence-corrected chi connectivity index (χ2v) is 3.79. The largest absolute Gasteiger partial charge is 0.366 e. The molecule has 1 unspecified atom stereocenters. The molecule has 1 aromatic rings. The smallest absolute Gasteiger partial charge is 0.133 e. The van der Waals surface area contributed by atoms with Gasteiger partial charge in [0.1, 0.15) is 18.0 Å². The molecule has 5 nitrogen and oxygen atoms in total. The van der Waals surface area contributed by atoms with Gasteiger partial charge in [-0.25, -0.2) is 9.97 Å². The van der Waals surface area contributed by atoms with Crippen LogP contribution in [0, 0.1) is 0 Å². The van der Waals surface area contributed by atoms with Crippen LogP contribution >= 0.6 is 0 Å². The lowest BCUT2D eigenvalue weighted by Gasteiger charge is -2.20. The molecule has 5 heteroatoms. The summed E-state index contributed by atoms with van der Waals surface area (Å²) in [5.74, 6) is 1.65. The fourth-order valence-corrected chi connectivity index (χ4v) is 1.35. The summed E-state index contributed by atoms with van der Waals surface area (Å²) in [7, 11) is 1.96. The van der Waals surface area contributed by atoms with Crippen LogP contribution in [0.15, 0.2) is 25.0 Å². The van der Waals surface area contributed by atoms with Gasteiger partial charge in [0.05, 0.1) is 0 Å². The van der Waals surface area contributed by atoms with Crippen LogP contribution in [0.25, 0.3) is 0 Å². The quantitative estimate of drug-likeness (QED) is 0.697. The molecule has 88 valence electrons. The minimum absolute atomic E-state index is 0.115. The van der Waals surface area contributed by atoms with Gasteiger partial charge in [0.15, 0.2) is 0 Å². The molecule has 0 aliphatic rings. The number of anilines is 2. The molecule has 0 aliphatic heterocycles. The molecule has 0 saturated heterocycles. The van der Waals surface area contributed by atoms with Gasteiger partial charge in [-0.1, -0.05) is 6.08 Å². The average Bonchev–Trinajstić information content (AvgIpc) is 2.26. The number of hydrogen-bond acceptors (Lipinski definition) is 5. The fourth-order valence-electron chi connectivity index (χ4n) is 1.35. The topological polar surface area (TPSA) is 67.1 Å². The van der Waals surface area contributed by atoms with Crippen LogP contribution in [-0.2, 0) is 0 Å². The van der Waals surface area contributed by atoms with E-state index in [1.165, 1.54) is 0 Å². The molecule has 1 rings (SSSR count). The predicted molar refractivity (Wildman–Crippen MR) is 67.6 cm³/mol. The molecule has 0 bridgehead atoms. The lowest BCUT2D eigenvalue weighted by molar-refractivity contribution is 0.711. The van der Waals surface area contributed by atoms with E-state index in [-0.39, 0.29) is 6.04 Å². The average molecular weight is 221 g/mol. The first-order chi connectivity index (χ1) is 7.63. The maximum absolute atomic E-state index is 5.73. The summed E-state index contributed by atoms with van der Waals surface area (Å²) < 4.78 is 0. The summed E-state index contributed by atoms with van der Waals surface area (Å²) in [5, 5.41) is 3.12. The highest BCUT2D eigenvalue weighted by Crippen LogP contribution is 2.12. The number of rotatable bonds is 6. The third-order valence-electron chi connectivity index (χ3n) is 2.03. The predicted octanol–water partition coefficient (Wildman–Crippen LogP) is 0.858. The number of nitrogens with two attached hydrogens (primary N) is 1. The SMILES string of the molecule is C=CCNc1cc(N(C)CC(C)N)ncn1. The highest BCUT2D eigenvalue weighted by atomic mass is 15.2. The number of likely N-dealkylation sites (N-methyl/N-ethyl adjacent to an activating group) is 1. The van der Waals surface area contributed by atoms with Crippen molar-refractivity contribution in [1.82, 2.24) is 9.97 Å². The Kier molecular flexibility index (Phi) is 4.72. The zero-order valence-electron chi connectivity index (χ0n) is 9.85. The van der Waals surface area contributed by atoms with Crippen molar-refractivity contribution in [3.8, 4) is 0 Å². The molecular formula is C11H19N5. The molecule has 0 aromatic carbocycles. The van der Waals surface area contributed by atoms with Crippen LogP contribution < -0.4 is 16.0 Å². The zero-order chi connectivity index (χ0) is 12.0. The second kappa shape index (κ2) is 6.07. The van der Waals surface area contributed by atoms with E-state index in [9.17, 15) is 0 Å². The Hall–Kier alpha value is -1.62. The molecule has 1 atom stereocenters. The zero-order valence-corrected chi connectivity index (χ0v) is 9.85. The van der Waals surface area contributed by atoms with E-state index in [1.807, 2.05) is 24.9 Å². The van der Waals surface area contributed by atoms with Crippen molar-refractivity contribution < 1.29 is 0 Å². The standard InChI is InChI=1S/C11H19N5/c1-4-5-13-10-6-11(15-8-14-10)16(3)7-9(2)12/h4,6,8-9H,1,5,7,12H2,2-3H3,(H,13,14,15). The third-order valence-corrected chi connectivity index (χ3v) is 2.03. The molecule has 1 aromatic heterocycles. The number of nitrogens with zero attached hydrogens (tertiary/aromatic N) is 3. The first-order valence-electron chi connectivity index (χ1n) is 5.27. The minimum Gasteiger partial charge on any atom is -0.366 e. The normalized spacial score (nSPS) is 11.9. The Morgan fingerprint density at radius 3 is 3.00 bits per heavy atom. The molecule has 0 radical (unpaired) electrons. The molecule has 0 fully saturated rings. The Bertz CT molecular complexity index is 337. The van der Waals surface area contributed by atoms with E-state index in [1.54, 1.807) is 12.4 Å². The summed E-state index contributed by atoms with van der Waals surface area (Å²) >= 11 is 0. The van der Waals surface area contributed by atoms with Gasteiger partial charge in [0.2, 0.25) is 0 Å². The lowest BCUT2D eigenvalue weighted by atomic mass is 10.3. The van der Waals surface area contributed by atoms with Crippen molar-refractivity contribution in [1.29, 1.82) is 0 Å². The van der Waals surface area contributed by atoms with Gasteiger partial charge in [-0.2, -0.15) is 0 Å². The monoisotopic (exact) mass is 221 g/mol. The highest BCUT2D eigenvalue weighted by molar-refractivity contribution is 5.48. The molecule has 0 aliphatic carbocycles. The summed E-state index contributed by atoms with van der Waals surface area (Å²) in [6, 6.07) is 2.01. The second-order valence-electron chi connectivity index (χ2n) is 3.79. The van der Waals surface area contributed by atoms with Crippen LogP contribution in [0.3, 0.4) is 0 Å². The molecule has 16 heavy (non-hydrogen) atoms. The van der Waals surface area contributed by atoms with Gasteiger partial charge in [0, 0.05) is 32.2 Å². The first kappa shape index (κ1) is 12.4. The van der Waals surface area contributed by atoms with Crippen molar-refractivity contribution in [2.45, 2.75) is 13.0 Å². The summed E-state index contributed by atoms with van der Waals surface area (Å²) in [6.45, 7) is 7.06. The Balaban J connectivity index is 2.69. The van der Waals surface area contributed by atoms with E-state index in [0.717, 1.165) is 18.2 Å². The Labute approximate surface area is 96.4 Å². The van der Waals surface area contributed by atoms with E-state index < -0.39 is 0 Å². The van der Waals surface area contributed by atoms with Gasteiger partial charge < -0.3 is 16.0 Å². The highest BCUT2D eigenvalue weighted by Gasteiger charge is 2.05. The molecule has 0 spiro atoms. The number of nitrogens with one attached hydrogen (secondary N) is 1. The fraction of sp³-hybridized carbons (Fsp3) is 0.455. The van der Waals surface area contributed by atoms with Gasteiger partial charge in [-0.3, -0.25) is 0 Å². The van der Waals surface area contributed by atoms with Crippen LogP contribution in [0.1, 0.15) is 6.92 Å². The first-order valence-corrected chi connectivity index (χ1v) is 5.27. The molecule has 0 saturated carbocycles. The van der Waals surface area contributed by atoms with E-state index in [2.05, 4.69) is 21.9 Å². The van der Waals surface area contributed by atoms with Gasteiger partial charge in [0.25, 0.3) is 0 Å². The molecule has 3 N–H and O–H groups in total. The van der Waals surface area contributed by atoms with Crippen LogP contribution in [0.5, 0.6) is 0 Å². The maximum atomic E-state index is 5.73. The summed E-state index contributed by atoms with van der Waals surface area (Å²) in [6.07, 6.45) is 3.33. The third kappa shape index (κ3) is 3.86. The molecule has 0 amide bonds. The number of hydrogen-bond donors (Lipinski definition) is 2. The maximum Gasteiger partial charge on any atom is 0.133 e. The van der Waals surface area contributed by atoms with Crippen molar-refractivity contribution in [2.75, 3.05) is 30.4 Å². The lowest BCUT2D eigenvalue weighted by Crippen LogP contribution is -2.33. The van der Waals surface area contributed by atoms with E-state index in [0.29, 0.717) is 6.54 Å². The van der Waals surface area contributed by atoms with Crippen LogP contribution in [0.2, 0.25) is 0 Å². The molecular weight excluding hydrogens is 202 g/mol. The van der Waals surface area contributed by atoms with Crippen molar-refractivity contribution in [3.05, 3.63) is 25.0 Å². The Morgan fingerprint density at radius 1 is 1.62 bits per heavy atom. The minimum atomic E-state index is 0.115. The summed E-state index contributed by atoms with van der Waals surface area (Å²) in [5.41, 5.74) is 5.73. The van der Waals surface area contributed by atoms with Gasteiger partial charge in [-0.15, -0.1) is 6.58 Å². The van der Waals surface area contributed by atoms with Crippen molar-refractivity contribution >= 4 is 11.6 Å².